The lowest BCUT2D eigenvalue weighted by molar-refractivity contribution is -0.144. The number of carbonyl (C=O) groups excluding carboxylic acids is 12. The Balaban J connectivity index is 5.12. The minimum Gasteiger partial charge on any atom is -0.481 e. The molecule has 0 aromatic heterocycles. The number of unbranched alkanes of at least 4 members (excludes halogenated alkanes) is 12. The van der Waals surface area contributed by atoms with Crippen LogP contribution in [0.4, 0.5) is 0 Å². The summed E-state index contributed by atoms with van der Waals surface area (Å²) in [5, 5.41) is 63.9. The Kier molecular flexibility index (Phi) is 41.1. The van der Waals surface area contributed by atoms with Crippen LogP contribution in [0.5, 0.6) is 0 Å². The van der Waals surface area contributed by atoms with E-state index in [2.05, 4.69) is 65.1 Å². The first-order valence-corrected chi connectivity index (χ1v) is 29.3. The molecule has 498 valence electrons. The van der Waals surface area contributed by atoms with E-state index in [1.165, 1.54) is 85.5 Å². The van der Waals surface area contributed by atoms with E-state index in [0.29, 0.717) is 6.42 Å². The Morgan fingerprint density at radius 2 is 0.773 bits per heavy atom. The summed E-state index contributed by atoms with van der Waals surface area (Å²) in [5.41, 5.74) is 10.7. The number of aliphatic carboxylic acids is 3. The summed E-state index contributed by atoms with van der Waals surface area (Å²) in [4.78, 5) is 191. The van der Waals surface area contributed by atoms with Gasteiger partial charge in [0, 0.05) is 19.4 Å². The van der Waals surface area contributed by atoms with E-state index in [1.807, 2.05) is 10.6 Å². The third kappa shape index (κ3) is 38.4. The molecule has 0 aliphatic rings. The number of guanidine groups is 1. The molecule has 0 aliphatic heterocycles. The van der Waals surface area contributed by atoms with Gasteiger partial charge in [-0.1, -0.05) is 84.0 Å². The van der Waals surface area contributed by atoms with Crippen LogP contribution in [0, 0.1) is 0 Å². The van der Waals surface area contributed by atoms with Crippen molar-refractivity contribution in [2.24, 2.45) is 16.5 Å². The van der Waals surface area contributed by atoms with Crippen LogP contribution in [-0.2, 0) is 71.9 Å². The molecule has 0 saturated carbocycles. The minimum atomic E-state index is -1.88. The number of rotatable bonds is 48. The second kappa shape index (κ2) is 45.6. The molecule has 0 radical (unpaired) electrons. The topological polar surface area (TPSA) is 546 Å². The van der Waals surface area contributed by atoms with Gasteiger partial charge >= 0.3 is 17.9 Å². The van der Waals surface area contributed by atoms with Gasteiger partial charge in [-0.3, -0.25) is 72.1 Å². The Hall–Kier alpha value is -8.72. The Bertz CT molecular complexity index is 2370. The number of aliphatic hydroxyl groups is 1. The summed E-state index contributed by atoms with van der Waals surface area (Å²) in [6.45, 7) is 3.30. The molecule has 0 unspecified atom stereocenters. The van der Waals surface area contributed by atoms with Gasteiger partial charge in [-0.25, -0.2) is 4.79 Å². The van der Waals surface area contributed by atoms with E-state index < -0.39 is 183 Å². The summed E-state index contributed by atoms with van der Waals surface area (Å²) in [7, 11) is 0. The number of carbonyl (C=O) groups is 15. The zero-order valence-corrected chi connectivity index (χ0v) is 50.8. The van der Waals surface area contributed by atoms with E-state index in [0.717, 1.165) is 19.3 Å². The summed E-state index contributed by atoms with van der Waals surface area (Å²) in [6.07, 6.45) is 12.9. The molecule has 88 heavy (non-hydrogen) atoms. The molecule has 12 amide bonds. The second-order valence-electron chi connectivity index (χ2n) is 20.8. The van der Waals surface area contributed by atoms with Crippen LogP contribution >= 0.6 is 0 Å². The SMILES string of the molecule is CCCCCCCCCCCCCCCC(=O)N[C@@H](C)C(=O)N[C@@H](C)C(=O)N[C@@H](C)C(=O)N[C@@H](C)C(=O)NCC(=O)NCC(=O)NCC(=O)N[C@@H](CCC(=O)O)C(=O)N[C@@H](CCCN=C(N)N)C(=O)NCC(=O)N[C@@H](CC(=O)O)C(=O)N[C@@H](CO)C(=O)O. The third-order valence-electron chi connectivity index (χ3n) is 13.0. The molecule has 0 aliphatic carbocycles. The molecular formula is C54H93N15O19. The molecule has 0 aromatic carbocycles. The van der Waals surface area contributed by atoms with E-state index in [1.54, 1.807) is 0 Å². The van der Waals surface area contributed by atoms with Gasteiger partial charge in [-0.15, -0.1) is 0 Å². The highest BCUT2D eigenvalue weighted by Gasteiger charge is 2.31. The zero-order valence-electron chi connectivity index (χ0n) is 50.8. The first-order valence-electron chi connectivity index (χ1n) is 29.3. The van der Waals surface area contributed by atoms with Gasteiger partial charge in [0.25, 0.3) is 0 Å². The van der Waals surface area contributed by atoms with Crippen molar-refractivity contribution in [1.29, 1.82) is 0 Å². The van der Waals surface area contributed by atoms with Crippen molar-refractivity contribution in [3.05, 3.63) is 0 Å². The monoisotopic (exact) mass is 1260 g/mol. The molecule has 0 heterocycles. The number of hydrogen-bond acceptors (Lipinski definition) is 17. The Morgan fingerprint density at radius 3 is 1.24 bits per heavy atom. The van der Waals surface area contributed by atoms with Gasteiger partial charge < -0.3 is 95.7 Å². The lowest BCUT2D eigenvalue weighted by atomic mass is 10.0. The molecule has 0 fully saturated rings. The van der Waals surface area contributed by atoms with Crippen LogP contribution in [0.25, 0.3) is 0 Å². The predicted octanol–water partition coefficient (Wildman–Crippen LogP) is -4.64. The second-order valence-corrected chi connectivity index (χ2v) is 20.8. The van der Waals surface area contributed by atoms with Gasteiger partial charge in [0.15, 0.2) is 5.96 Å². The first kappa shape index (κ1) is 79.3. The average Bonchev–Trinajstić information content (AvgIpc) is 3.50. The number of nitrogens with zero attached hydrogens (tertiary/aromatic N) is 1. The van der Waals surface area contributed by atoms with Gasteiger partial charge in [0.2, 0.25) is 70.9 Å². The molecule has 0 saturated heterocycles. The number of nitrogens with two attached hydrogens (primary N) is 2. The number of carboxylic acids is 3. The number of amides is 12. The quantitative estimate of drug-likeness (QED) is 0.0155. The lowest BCUT2D eigenvalue weighted by Crippen LogP contribution is -2.57. The zero-order chi connectivity index (χ0) is 66.7. The van der Waals surface area contributed by atoms with Crippen molar-refractivity contribution >= 4 is 94.8 Å². The molecular weight excluding hydrogens is 1160 g/mol. The molecule has 0 bridgehead atoms. The summed E-state index contributed by atoms with van der Waals surface area (Å²) in [6, 6.07) is -11.4. The van der Waals surface area contributed by atoms with E-state index in [-0.39, 0.29) is 37.7 Å². The van der Waals surface area contributed by atoms with Crippen molar-refractivity contribution in [3.63, 3.8) is 0 Å². The van der Waals surface area contributed by atoms with Crippen molar-refractivity contribution in [1.82, 2.24) is 63.8 Å². The van der Waals surface area contributed by atoms with Crippen LogP contribution in [-0.4, -0.2) is 203 Å². The van der Waals surface area contributed by atoms with Crippen molar-refractivity contribution in [2.45, 2.75) is 205 Å². The van der Waals surface area contributed by atoms with Crippen LogP contribution in [0.2, 0.25) is 0 Å². The lowest BCUT2D eigenvalue weighted by Gasteiger charge is -2.23. The maximum absolute atomic E-state index is 13.5. The maximum Gasteiger partial charge on any atom is 0.328 e. The number of aliphatic hydroxyl groups excluding tert-OH is 1. The molecule has 0 rings (SSSR count). The fourth-order valence-electron chi connectivity index (χ4n) is 7.90. The van der Waals surface area contributed by atoms with Crippen LogP contribution in [0.1, 0.15) is 157 Å². The average molecular weight is 1260 g/mol. The highest BCUT2D eigenvalue weighted by molar-refractivity contribution is 5.98. The molecule has 0 aromatic rings. The fraction of sp³-hybridized carbons (Fsp3) is 0.704. The van der Waals surface area contributed by atoms with Crippen molar-refractivity contribution in [3.8, 4) is 0 Å². The number of aliphatic imine (C=N–C) groups is 1. The van der Waals surface area contributed by atoms with E-state index in [4.69, 9.17) is 16.6 Å². The molecule has 20 N–H and O–H groups in total. The molecule has 34 heteroatoms. The molecule has 8 atom stereocenters. The minimum absolute atomic E-state index is 0.00830. The van der Waals surface area contributed by atoms with E-state index >= 15 is 0 Å². The van der Waals surface area contributed by atoms with Crippen LogP contribution in [0.15, 0.2) is 4.99 Å². The highest BCUT2D eigenvalue weighted by Crippen LogP contribution is 2.13. The van der Waals surface area contributed by atoms with E-state index in [9.17, 15) is 87.2 Å². The number of carboxylic acid groups (broad SMARTS) is 3. The third-order valence-corrected chi connectivity index (χ3v) is 13.0. The van der Waals surface area contributed by atoms with Crippen molar-refractivity contribution < 1.29 is 92.3 Å². The summed E-state index contributed by atoms with van der Waals surface area (Å²) < 4.78 is 0. The van der Waals surface area contributed by atoms with Gasteiger partial charge in [-0.05, 0) is 53.4 Å². The summed E-state index contributed by atoms with van der Waals surface area (Å²) >= 11 is 0. The number of nitrogens with one attached hydrogen (secondary N) is 12. The summed E-state index contributed by atoms with van der Waals surface area (Å²) in [5.74, 6) is -15.8. The smallest absolute Gasteiger partial charge is 0.328 e. The highest BCUT2D eigenvalue weighted by atomic mass is 16.4. The number of hydrogen-bond donors (Lipinski definition) is 18. The fourth-order valence-corrected chi connectivity index (χ4v) is 7.90. The van der Waals surface area contributed by atoms with Gasteiger partial charge in [-0.2, -0.15) is 0 Å². The molecule has 34 nitrogen and oxygen atoms in total. The van der Waals surface area contributed by atoms with Gasteiger partial charge in [0.05, 0.1) is 39.2 Å². The van der Waals surface area contributed by atoms with Crippen LogP contribution in [0.3, 0.4) is 0 Å². The van der Waals surface area contributed by atoms with Gasteiger partial charge in [0.1, 0.15) is 48.3 Å². The Morgan fingerprint density at radius 1 is 0.375 bits per heavy atom. The Labute approximate surface area is 510 Å². The normalized spacial score (nSPS) is 13.4. The standard InChI is InChI=1S/C54H93N15O19/c1-6-7-8-9-10-11-12-13-14-15-16-17-18-21-39(71)62-32(3)47(81)64-34(5)49(83)65-33(4)48(82)63-31(2)46(80)60-27-41(73)58-26-40(72)59-28-42(74)66-36(22-23-44(76)77)51(85)68-35(20-19-24-57-54(55)56)50(84)61-29-43(75)67-37(25-45(78)79)52(86)69-38(30-70)53(87)88/h31-38,70H,6-30H2,1-5H3,(H,58,73)(H,59,72)(H,60,80)(H,61,84)(H,62,71)(H,63,82)(H,64,81)(H,65,83)(H,66,74)(H,67,75)(H,68,85)(H,69,86)(H,76,77)(H,78,79)(H,87,88)(H4,55,56,57)/t31-,32-,33-,34-,35-,36-,37-,38-/m0/s1. The molecule has 0 spiro atoms. The van der Waals surface area contributed by atoms with Crippen LogP contribution < -0.4 is 75.3 Å². The largest absolute Gasteiger partial charge is 0.481 e. The van der Waals surface area contributed by atoms with Crippen molar-refractivity contribution in [2.75, 3.05) is 39.3 Å². The first-order chi connectivity index (χ1) is 41.5. The maximum atomic E-state index is 13.5. The predicted molar refractivity (Wildman–Crippen MR) is 314 cm³/mol.